The van der Waals surface area contributed by atoms with Crippen LogP contribution < -0.4 is 15.5 Å². The second kappa shape index (κ2) is 9.60. The Labute approximate surface area is 170 Å². The molecule has 2 aliphatic heterocycles. The van der Waals surface area contributed by atoms with E-state index in [0.29, 0.717) is 11.7 Å². The summed E-state index contributed by atoms with van der Waals surface area (Å²) in [6.07, 6.45) is 4.51. The molecule has 3 heterocycles. The molecule has 10 heteroatoms. The number of amides is 3. The molecular formula is C18H30N6O3S. The summed E-state index contributed by atoms with van der Waals surface area (Å²) in [5.41, 5.74) is 0. The lowest BCUT2D eigenvalue weighted by Crippen LogP contribution is -2.41. The summed E-state index contributed by atoms with van der Waals surface area (Å²) in [6.45, 7) is 7.43. The molecule has 2 N–H and O–H groups in total. The Morgan fingerprint density at radius 1 is 1.29 bits per heavy atom. The fourth-order valence-corrected chi connectivity index (χ4v) is 4.30. The number of urea groups is 1. The van der Waals surface area contributed by atoms with Gasteiger partial charge < -0.3 is 15.0 Å². The van der Waals surface area contributed by atoms with E-state index in [2.05, 4.69) is 37.2 Å². The lowest BCUT2D eigenvalue weighted by Gasteiger charge is -2.31. The highest BCUT2D eigenvalue weighted by atomic mass is 32.2. The van der Waals surface area contributed by atoms with Crippen molar-refractivity contribution in [1.82, 2.24) is 25.4 Å². The molecule has 0 aliphatic carbocycles. The number of nitrogens with zero attached hydrogens (tertiary/aromatic N) is 4. The minimum atomic E-state index is -0.513. The molecule has 28 heavy (non-hydrogen) atoms. The van der Waals surface area contributed by atoms with Crippen molar-refractivity contribution in [3.05, 3.63) is 0 Å². The summed E-state index contributed by atoms with van der Waals surface area (Å²) in [5, 5.41) is 13.7. The Hall–Kier alpha value is -1.81. The average Bonchev–Trinajstić information content (AvgIpc) is 3.33. The van der Waals surface area contributed by atoms with Gasteiger partial charge in [0.15, 0.2) is 5.16 Å². The molecule has 1 aromatic heterocycles. The number of hydrogen-bond acceptors (Lipinski definition) is 7. The first-order valence-electron chi connectivity index (χ1n) is 9.97. The lowest BCUT2D eigenvalue weighted by atomic mass is 10.00. The SMILES string of the molecule is CNC(=O)NC(=O)[C@@H](C)Sc1nnc(N2CCC(C)CC2)n1C[C@@H]1CCCO1. The molecule has 0 bridgehead atoms. The minimum absolute atomic E-state index is 0.146. The van der Waals surface area contributed by atoms with Crippen molar-refractivity contribution < 1.29 is 14.3 Å². The molecule has 0 aromatic carbocycles. The van der Waals surface area contributed by atoms with Gasteiger partial charge in [-0.1, -0.05) is 18.7 Å². The second-order valence-corrected chi connectivity index (χ2v) is 8.83. The van der Waals surface area contributed by atoms with E-state index in [-0.39, 0.29) is 12.0 Å². The summed E-state index contributed by atoms with van der Waals surface area (Å²) < 4.78 is 7.91. The van der Waals surface area contributed by atoms with Gasteiger partial charge in [0.1, 0.15) is 0 Å². The monoisotopic (exact) mass is 410 g/mol. The molecule has 3 rings (SSSR count). The minimum Gasteiger partial charge on any atom is -0.376 e. The van der Waals surface area contributed by atoms with Crippen LogP contribution in [0, 0.1) is 5.92 Å². The van der Waals surface area contributed by atoms with Crippen LogP contribution in [0.2, 0.25) is 0 Å². The fraction of sp³-hybridized carbons (Fsp3) is 0.778. The van der Waals surface area contributed by atoms with E-state index in [0.717, 1.165) is 57.2 Å². The van der Waals surface area contributed by atoms with Gasteiger partial charge in [-0.25, -0.2) is 4.79 Å². The third-order valence-electron chi connectivity index (χ3n) is 5.29. The number of ether oxygens (including phenoxy) is 1. The van der Waals surface area contributed by atoms with Gasteiger partial charge in [0.25, 0.3) is 0 Å². The number of nitrogens with one attached hydrogen (secondary N) is 2. The molecule has 0 unspecified atom stereocenters. The Balaban J connectivity index is 1.75. The molecule has 9 nitrogen and oxygen atoms in total. The van der Waals surface area contributed by atoms with Gasteiger partial charge in [-0.05, 0) is 38.5 Å². The predicted octanol–water partition coefficient (Wildman–Crippen LogP) is 1.63. The van der Waals surface area contributed by atoms with Crippen molar-refractivity contribution in [3.63, 3.8) is 0 Å². The highest BCUT2D eigenvalue weighted by molar-refractivity contribution is 8.00. The van der Waals surface area contributed by atoms with Gasteiger partial charge in [-0.15, -0.1) is 10.2 Å². The Morgan fingerprint density at radius 2 is 2.04 bits per heavy atom. The third-order valence-corrected chi connectivity index (χ3v) is 6.37. The number of thioether (sulfide) groups is 1. The van der Waals surface area contributed by atoms with Crippen LogP contribution in [-0.4, -0.2) is 64.8 Å². The highest BCUT2D eigenvalue weighted by Crippen LogP contribution is 2.29. The van der Waals surface area contributed by atoms with Crippen molar-refractivity contribution >= 4 is 29.6 Å². The normalized spacial score (nSPS) is 21.5. The number of rotatable bonds is 6. The Morgan fingerprint density at radius 3 is 2.68 bits per heavy atom. The van der Waals surface area contributed by atoms with Crippen molar-refractivity contribution in [2.75, 3.05) is 31.6 Å². The quantitative estimate of drug-likeness (QED) is 0.687. The smallest absolute Gasteiger partial charge is 0.321 e. The van der Waals surface area contributed by atoms with Crippen molar-refractivity contribution in [2.24, 2.45) is 5.92 Å². The van der Waals surface area contributed by atoms with Crippen molar-refractivity contribution in [2.45, 2.75) is 62.6 Å². The molecule has 156 valence electrons. The van der Waals surface area contributed by atoms with E-state index in [4.69, 9.17) is 4.74 Å². The van der Waals surface area contributed by atoms with E-state index >= 15 is 0 Å². The standard InChI is InChI=1S/C18H30N6O3S/c1-12-6-8-23(9-7-12)17-21-22-18(24(17)11-14-5-4-10-27-14)28-13(2)15(25)20-16(26)19-3/h12-14H,4-11H2,1-3H3,(H2,19,20,25,26)/t13-,14+/m1/s1. The van der Waals surface area contributed by atoms with E-state index in [1.807, 2.05) is 0 Å². The molecule has 3 amide bonds. The Bertz CT molecular complexity index is 683. The van der Waals surface area contributed by atoms with Gasteiger partial charge in [0, 0.05) is 26.7 Å². The van der Waals surface area contributed by atoms with E-state index in [9.17, 15) is 9.59 Å². The predicted molar refractivity (Wildman–Crippen MR) is 108 cm³/mol. The number of carbonyl (C=O) groups is 2. The number of aromatic nitrogens is 3. The van der Waals surface area contributed by atoms with Crippen LogP contribution in [0.1, 0.15) is 39.5 Å². The van der Waals surface area contributed by atoms with Crippen molar-refractivity contribution in [1.29, 1.82) is 0 Å². The summed E-state index contributed by atoms with van der Waals surface area (Å²) in [7, 11) is 1.48. The largest absolute Gasteiger partial charge is 0.376 e. The molecule has 2 aliphatic rings. The molecule has 1 aromatic rings. The van der Waals surface area contributed by atoms with Crippen LogP contribution in [0.4, 0.5) is 10.7 Å². The molecule has 2 fully saturated rings. The molecule has 0 spiro atoms. The Kier molecular flexibility index (Phi) is 7.17. The van der Waals surface area contributed by atoms with Crippen LogP contribution in [0.15, 0.2) is 5.16 Å². The van der Waals surface area contributed by atoms with Gasteiger partial charge in [-0.2, -0.15) is 0 Å². The van der Waals surface area contributed by atoms with Gasteiger partial charge >= 0.3 is 6.03 Å². The topological polar surface area (TPSA) is 101 Å². The number of carbonyl (C=O) groups excluding carboxylic acids is 2. The third kappa shape index (κ3) is 5.16. The first kappa shape index (κ1) is 20.9. The van der Waals surface area contributed by atoms with Crippen LogP contribution in [0.3, 0.4) is 0 Å². The van der Waals surface area contributed by atoms with Gasteiger partial charge in [0.05, 0.1) is 17.9 Å². The number of anilines is 1. The number of imide groups is 1. The molecular weight excluding hydrogens is 380 g/mol. The van der Waals surface area contributed by atoms with Gasteiger partial charge in [-0.3, -0.25) is 14.7 Å². The second-order valence-electron chi connectivity index (χ2n) is 7.53. The first-order valence-corrected chi connectivity index (χ1v) is 10.8. The maximum absolute atomic E-state index is 12.2. The zero-order valence-corrected chi connectivity index (χ0v) is 17.6. The zero-order chi connectivity index (χ0) is 20.1. The summed E-state index contributed by atoms with van der Waals surface area (Å²) in [6, 6.07) is -0.513. The first-order chi connectivity index (χ1) is 13.5. The van der Waals surface area contributed by atoms with Crippen LogP contribution >= 0.6 is 11.8 Å². The zero-order valence-electron chi connectivity index (χ0n) is 16.8. The number of piperidine rings is 1. The van der Waals surface area contributed by atoms with Crippen LogP contribution in [0.5, 0.6) is 0 Å². The van der Waals surface area contributed by atoms with E-state index < -0.39 is 11.3 Å². The summed E-state index contributed by atoms with van der Waals surface area (Å²) >= 11 is 1.31. The van der Waals surface area contributed by atoms with Crippen LogP contribution in [-0.2, 0) is 16.1 Å². The molecule has 2 atom stereocenters. The summed E-state index contributed by atoms with van der Waals surface area (Å²) in [5.74, 6) is 1.22. The molecule has 0 saturated carbocycles. The lowest BCUT2D eigenvalue weighted by molar-refractivity contribution is -0.119. The fourth-order valence-electron chi connectivity index (χ4n) is 3.45. The van der Waals surface area contributed by atoms with Crippen molar-refractivity contribution in [3.8, 4) is 0 Å². The highest BCUT2D eigenvalue weighted by Gasteiger charge is 2.28. The maximum Gasteiger partial charge on any atom is 0.321 e. The molecule has 2 saturated heterocycles. The van der Waals surface area contributed by atoms with E-state index in [1.54, 1.807) is 6.92 Å². The van der Waals surface area contributed by atoms with Gasteiger partial charge in [0.2, 0.25) is 11.9 Å². The summed E-state index contributed by atoms with van der Waals surface area (Å²) in [4.78, 5) is 25.9. The molecule has 0 radical (unpaired) electrons. The number of hydrogen-bond donors (Lipinski definition) is 2. The maximum atomic E-state index is 12.2. The average molecular weight is 411 g/mol. The van der Waals surface area contributed by atoms with Crippen LogP contribution in [0.25, 0.3) is 0 Å². The van der Waals surface area contributed by atoms with E-state index in [1.165, 1.54) is 18.8 Å².